The molecule has 0 amide bonds. The number of rotatable bonds is 8. The summed E-state index contributed by atoms with van der Waals surface area (Å²) in [5.74, 6) is 0.907. The molecule has 4 rings (SSSR count). The summed E-state index contributed by atoms with van der Waals surface area (Å²) in [6, 6.07) is 1.93. The topological polar surface area (TPSA) is 56.9 Å². The van der Waals surface area contributed by atoms with Crippen molar-refractivity contribution in [3.63, 3.8) is 0 Å². The SMILES string of the molecule is C=CCn1c(C)cc(C(=O)CSc2nc3sc4c(c3c(=O)n2CC=C)CCC(C)C4)c1C. The second-order valence-corrected chi connectivity index (χ2v) is 10.6. The van der Waals surface area contributed by atoms with Crippen molar-refractivity contribution in [3.05, 3.63) is 69.1 Å². The molecule has 7 heteroatoms. The Balaban J connectivity index is 1.67. The molecular formula is C25H29N3O2S2. The zero-order chi connectivity index (χ0) is 23.0. The average Bonchev–Trinajstić information content (AvgIpc) is 3.26. The van der Waals surface area contributed by atoms with Crippen molar-refractivity contribution in [2.24, 2.45) is 5.92 Å². The predicted octanol–water partition coefficient (Wildman–Crippen LogP) is 5.35. The summed E-state index contributed by atoms with van der Waals surface area (Å²) >= 11 is 2.98. The Bertz CT molecular complexity index is 1280. The van der Waals surface area contributed by atoms with Gasteiger partial charge in [0.05, 0.1) is 11.1 Å². The highest BCUT2D eigenvalue weighted by molar-refractivity contribution is 7.99. The number of hydrogen-bond donors (Lipinski definition) is 0. The van der Waals surface area contributed by atoms with Gasteiger partial charge in [-0.3, -0.25) is 14.2 Å². The number of aryl methyl sites for hydroxylation is 2. The number of thiophene rings is 1. The van der Waals surface area contributed by atoms with E-state index in [1.54, 1.807) is 22.0 Å². The van der Waals surface area contributed by atoms with Crippen molar-refractivity contribution >= 4 is 39.1 Å². The second kappa shape index (κ2) is 9.24. The summed E-state index contributed by atoms with van der Waals surface area (Å²) in [7, 11) is 0. The van der Waals surface area contributed by atoms with Crippen molar-refractivity contribution in [2.45, 2.75) is 58.3 Å². The molecule has 0 fully saturated rings. The molecule has 32 heavy (non-hydrogen) atoms. The van der Waals surface area contributed by atoms with Gasteiger partial charge in [-0.15, -0.1) is 24.5 Å². The maximum absolute atomic E-state index is 13.4. The van der Waals surface area contributed by atoms with E-state index in [1.165, 1.54) is 22.2 Å². The number of thioether (sulfide) groups is 1. The Kier molecular flexibility index (Phi) is 6.58. The molecule has 0 N–H and O–H groups in total. The van der Waals surface area contributed by atoms with Crippen molar-refractivity contribution in [3.8, 4) is 0 Å². The number of allylic oxidation sites excluding steroid dienone is 2. The molecule has 0 spiro atoms. The number of carbonyl (C=O) groups excluding carboxylic acids is 1. The van der Waals surface area contributed by atoms with Crippen LogP contribution in [0.3, 0.4) is 0 Å². The molecule has 0 bridgehead atoms. The molecule has 5 nitrogen and oxygen atoms in total. The largest absolute Gasteiger partial charge is 0.345 e. The smallest absolute Gasteiger partial charge is 0.263 e. The Morgan fingerprint density at radius 3 is 2.72 bits per heavy atom. The minimum Gasteiger partial charge on any atom is -0.345 e. The zero-order valence-corrected chi connectivity index (χ0v) is 20.6. The molecule has 0 saturated heterocycles. The maximum atomic E-state index is 13.4. The lowest BCUT2D eigenvalue weighted by molar-refractivity contribution is 0.102. The van der Waals surface area contributed by atoms with Crippen LogP contribution in [-0.4, -0.2) is 25.7 Å². The first kappa shape index (κ1) is 22.8. The molecule has 0 aliphatic heterocycles. The lowest BCUT2D eigenvalue weighted by Gasteiger charge is -2.17. The van der Waals surface area contributed by atoms with Gasteiger partial charge in [-0.1, -0.05) is 30.8 Å². The van der Waals surface area contributed by atoms with E-state index >= 15 is 0 Å². The normalized spacial score (nSPS) is 15.7. The second-order valence-electron chi connectivity index (χ2n) is 8.53. The van der Waals surface area contributed by atoms with Crippen molar-refractivity contribution in [1.82, 2.24) is 14.1 Å². The summed E-state index contributed by atoms with van der Waals surface area (Å²) in [5, 5.41) is 1.35. The number of fused-ring (bicyclic) bond motifs is 3. The summed E-state index contributed by atoms with van der Waals surface area (Å²) in [4.78, 5) is 33.4. The van der Waals surface area contributed by atoms with Gasteiger partial charge >= 0.3 is 0 Å². The van der Waals surface area contributed by atoms with Gasteiger partial charge < -0.3 is 4.57 Å². The number of aromatic nitrogens is 3. The fraction of sp³-hybridized carbons (Fsp3) is 0.400. The minimum absolute atomic E-state index is 0.0129. The third-order valence-corrected chi connectivity index (χ3v) is 8.33. The van der Waals surface area contributed by atoms with Crippen LogP contribution < -0.4 is 5.56 Å². The van der Waals surface area contributed by atoms with Gasteiger partial charge in [0.1, 0.15) is 4.83 Å². The molecule has 0 aromatic carbocycles. The van der Waals surface area contributed by atoms with Crippen molar-refractivity contribution in [1.29, 1.82) is 0 Å². The van der Waals surface area contributed by atoms with E-state index < -0.39 is 0 Å². The average molecular weight is 468 g/mol. The van der Waals surface area contributed by atoms with E-state index in [0.717, 1.165) is 46.4 Å². The van der Waals surface area contributed by atoms with E-state index in [2.05, 4.69) is 24.6 Å². The maximum Gasteiger partial charge on any atom is 0.263 e. The minimum atomic E-state index is -0.0129. The molecule has 3 aromatic rings. The van der Waals surface area contributed by atoms with Crippen LogP contribution in [0.15, 0.2) is 41.3 Å². The molecule has 1 atom stereocenters. The number of nitrogens with zero attached hydrogens (tertiary/aromatic N) is 3. The van der Waals surface area contributed by atoms with E-state index in [1.807, 2.05) is 26.0 Å². The van der Waals surface area contributed by atoms with Gasteiger partial charge in [0.2, 0.25) is 0 Å². The van der Waals surface area contributed by atoms with Crippen molar-refractivity contribution < 1.29 is 4.79 Å². The van der Waals surface area contributed by atoms with E-state index in [4.69, 9.17) is 4.98 Å². The van der Waals surface area contributed by atoms with Gasteiger partial charge in [0, 0.05) is 34.9 Å². The van der Waals surface area contributed by atoms with Crippen LogP contribution in [0.4, 0.5) is 0 Å². The Hall–Kier alpha value is -2.38. The fourth-order valence-corrected chi connectivity index (χ4v) is 6.82. The molecule has 3 aromatic heterocycles. The summed E-state index contributed by atoms with van der Waals surface area (Å²) in [6.07, 6.45) is 6.60. The first-order chi connectivity index (χ1) is 15.3. The van der Waals surface area contributed by atoms with E-state index in [-0.39, 0.29) is 17.1 Å². The number of ketones is 1. The quantitative estimate of drug-likeness (QED) is 0.194. The van der Waals surface area contributed by atoms with Gasteiger partial charge in [0.25, 0.3) is 5.56 Å². The zero-order valence-electron chi connectivity index (χ0n) is 18.9. The van der Waals surface area contributed by atoms with Gasteiger partial charge in [-0.2, -0.15) is 0 Å². The lowest BCUT2D eigenvalue weighted by Crippen LogP contribution is -2.24. The Labute approximate surface area is 196 Å². The number of hydrogen-bond acceptors (Lipinski definition) is 5. The Morgan fingerprint density at radius 1 is 1.28 bits per heavy atom. The van der Waals surface area contributed by atoms with Gasteiger partial charge in [0.15, 0.2) is 10.9 Å². The molecule has 1 aliphatic carbocycles. The van der Waals surface area contributed by atoms with Crippen LogP contribution >= 0.6 is 23.1 Å². The molecule has 0 radical (unpaired) electrons. The van der Waals surface area contributed by atoms with Crippen LogP contribution in [-0.2, 0) is 25.9 Å². The van der Waals surface area contributed by atoms with Crippen LogP contribution in [0, 0.1) is 19.8 Å². The highest BCUT2D eigenvalue weighted by Gasteiger charge is 2.25. The highest BCUT2D eigenvalue weighted by Crippen LogP contribution is 2.36. The lowest BCUT2D eigenvalue weighted by atomic mass is 9.89. The van der Waals surface area contributed by atoms with Gasteiger partial charge in [-0.05, 0) is 50.7 Å². The van der Waals surface area contributed by atoms with Crippen LogP contribution in [0.1, 0.15) is 45.5 Å². The number of Topliss-reactive ketones (excluding diaryl/α,β-unsaturated/α-hetero) is 1. The summed E-state index contributed by atoms with van der Waals surface area (Å²) in [5.41, 5.74) is 3.87. The van der Waals surface area contributed by atoms with E-state index in [9.17, 15) is 9.59 Å². The number of carbonyl (C=O) groups is 1. The molecule has 1 aliphatic rings. The molecule has 168 valence electrons. The molecule has 3 heterocycles. The van der Waals surface area contributed by atoms with Crippen LogP contribution in [0.25, 0.3) is 10.2 Å². The molecule has 1 unspecified atom stereocenters. The highest BCUT2D eigenvalue weighted by atomic mass is 32.2. The summed E-state index contributed by atoms with van der Waals surface area (Å²) in [6.45, 7) is 14.9. The van der Waals surface area contributed by atoms with Crippen molar-refractivity contribution in [2.75, 3.05) is 5.75 Å². The van der Waals surface area contributed by atoms with Gasteiger partial charge in [-0.25, -0.2) is 4.98 Å². The first-order valence-corrected chi connectivity index (χ1v) is 12.8. The molecule has 0 saturated carbocycles. The monoisotopic (exact) mass is 467 g/mol. The molecular weight excluding hydrogens is 438 g/mol. The Morgan fingerprint density at radius 2 is 2.00 bits per heavy atom. The van der Waals surface area contributed by atoms with Crippen LogP contribution in [0.5, 0.6) is 0 Å². The third-order valence-electron chi connectivity index (χ3n) is 6.21. The van der Waals surface area contributed by atoms with E-state index in [0.29, 0.717) is 24.2 Å². The third kappa shape index (κ3) is 4.04. The fourth-order valence-electron chi connectivity index (χ4n) is 4.51. The first-order valence-electron chi connectivity index (χ1n) is 10.9. The standard InChI is InChI=1S/C25H29N3O2S2/c1-6-10-27-16(4)13-19(17(27)5)20(29)14-31-25-26-23-22(24(30)28(25)11-7-2)18-9-8-15(3)12-21(18)32-23/h6-7,13,15H,1-2,8-12,14H2,3-5H3. The van der Waals surface area contributed by atoms with Crippen LogP contribution in [0.2, 0.25) is 0 Å². The predicted molar refractivity (Wildman–Crippen MR) is 134 cm³/mol. The summed E-state index contributed by atoms with van der Waals surface area (Å²) < 4.78 is 3.75.